The maximum atomic E-state index is 13.3. The van der Waals surface area contributed by atoms with Gasteiger partial charge in [0.15, 0.2) is 23.2 Å². The summed E-state index contributed by atoms with van der Waals surface area (Å²) >= 11 is 1.94. The highest BCUT2D eigenvalue weighted by Gasteiger charge is 2.55. The van der Waals surface area contributed by atoms with Crippen molar-refractivity contribution in [2.75, 3.05) is 40.9 Å². The minimum absolute atomic E-state index is 0.0146. The van der Waals surface area contributed by atoms with Crippen molar-refractivity contribution >= 4 is 80.8 Å². The van der Waals surface area contributed by atoms with Crippen molar-refractivity contribution in [2.24, 2.45) is 17.9 Å². The number of nitrogens with zero attached hydrogens (tertiary/aromatic N) is 6. The molecule has 2 aliphatic rings. The number of carboxylic acid groups (broad SMARTS) is 2. The molecule has 2 atom stereocenters. The molecule has 11 N–H and O–H groups in total. The van der Waals surface area contributed by atoms with E-state index in [1.165, 1.54) is 36.5 Å². The van der Waals surface area contributed by atoms with Gasteiger partial charge in [0.05, 0.1) is 7.05 Å². The minimum atomic E-state index is -1.83. The zero-order valence-electron chi connectivity index (χ0n) is 26.0. The van der Waals surface area contributed by atoms with Gasteiger partial charge < -0.3 is 48.2 Å². The molecule has 0 bridgehead atoms. The Kier molecular flexibility index (Phi) is 9.34. The van der Waals surface area contributed by atoms with Gasteiger partial charge in [0.25, 0.3) is 22.7 Å². The number of nitrogens with one attached hydrogen (secondary N) is 3. The van der Waals surface area contributed by atoms with Gasteiger partial charge in [-0.05, 0) is 13.8 Å². The van der Waals surface area contributed by atoms with E-state index < -0.39 is 57.3 Å². The first kappa shape index (κ1) is 34.8. The van der Waals surface area contributed by atoms with Crippen molar-refractivity contribution in [3.05, 3.63) is 43.7 Å². The molecule has 260 valence electrons. The molecule has 1 saturated heterocycles. The summed E-state index contributed by atoms with van der Waals surface area (Å²) in [5, 5.41) is 30.5. The average Bonchev–Trinajstić information content (AvgIpc) is 3.60. The first-order valence-electron chi connectivity index (χ1n) is 14.3. The number of fused-ring (bicyclic) bond motifs is 1. The summed E-state index contributed by atoms with van der Waals surface area (Å²) in [6, 6.07) is -1.19. The second-order valence-electron chi connectivity index (χ2n) is 11.2. The van der Waals surface area contributed by atoms with E-state index in [0.29, 0.717) is 5.57 Å². The number of β-lactam (4-membered cyclic amide) rings is 1. The number of aromatic nitrogens is 4. The van der Waals surface area contributed by atoms with Gasteiger partial charge in [-0.25, -0.2) is 9.59 Å². The fourth-order valence-electron chi connectivity index (χ4n) is 4.80. The molecule has 0 saturated carbocycles. The van der Waals surface area contributed by atoms with Crippen LogP contribution in [0.1, 0.15) is 19.7 Å². The van der Waals surface area contributed by atoms with Crippen molar-refractivity contribution in [1.82, 2.24) is 24.3 Å². The quantitative estimate of drug-likeness (QED) is 0.0272. The molecular weight excluding hydrogens is 688 g/mol. The Labute approximate surface area is 283 Å². The van der Waals surface area contributed by atoms with Crippen LogP contribution < -0.4 is 48.7 Å². The molecule has 2 amide bonds. The van der Waals surface area contributed by atoms with Crippen molar-refractivity contribution < 1.29 is 38.9 Å². The number of anilines is 5. The van der Waals surface area contributed by atoms with Crippen LogP contribution >= 0.6 is 23.3 Å². The predicted molar refractivity (Wildman–Crippen MR) is 176 cm³/mol. The number of nitrogen functional groups attached to an aromatic ring is 2. The lowest BCUT2D eigenvalue weighted by Gasteiger charge is -2.49. The molecule has 0 spiro atoms. The smallest absolute Gasteiger partial charge is 0.352 e. The molecule has 23 heteroatoms. The number of hydrogen-bond acceptors (Lipinski definition) is 17. The van der Waals surface area contributed by atoms with Crippen LogP contribution in [0.25, 0.3) is 0 Å². The second-order valence-corrected chi connectivity index (χ2v) is 13.1. The average molecular weight is 720 g/mol. The zero-order valence-corrected chi connectivity index (χ0v) is 27.7. The zero-order chi connectivity index (χ0) is 35.9. The van der Waals surface area contributed by atoms with Crippen LogP contribution in [0.2, 0.25) is 0 Å². The maximum Gasteiger partial charge on any atom is 0.352 e. The molecule has 5 rings (SSSR count). The molecule has 1 fully saturated rings. The SMILES string of the molecule is Cn1c(N)c(Nc2c(NCCN)c(=O)c2=O)c[n+]1CC1=C(C(=O)O)N2C(=O)[C@@H](NC(=O)/C(=N/OC(C)(C)C(=O)O)c3nsc(N)n3)[C@H]2SC1. The van der Waals surface area contributed by atoms with Crippen LogP contribution in [0.15, 0.2) is 32.2 Å². The molecule has 21 nitrogen and oxygen atoms in total. The maximum absolute atomic E-state index is 13.3. The topological polar surface area (TPSA) is 316 Å². The molecule has 1 aromatic carbocycles. The number of amides is 2. The fourth-order valence-corrected chi connectivity index (χ4v) is 6.57. The largest absolute Gasteiger partial charge is 0.478 e. The van der Waals surface area contributed by atoms with E-state index >= 15 is 0 Å². The molecule has 49 heavy (non-hydrogen) atoms. The second kappa shape index (κ2) is 13.2. The van der Waals surface area contributed by atoms with E-state index in [4.69, 9.17) is 22.0 Å². The van der Waals surface area contributed by atoms with Crippen molar-refractivity contribution in [3.8, 4) is 0 Å². The summed E-state index contributed by atoms with van der Waals surface area (Å²) in [5.41, 5.74) is 14.0. The van der Waals surface area contributed by atoms with E-state index in [2.05, 4.69) is 30.5 Å². The first-order chi connectivity index (χ1) is 23.1. The molecular formula is C26H31N12O9S2+. The third-order valence-electron chi connectivity index (χ3n) is 7.54. The van der Waals surface area contributed by atoms with E-state index in [-0.39, 0.29) is 64.9 Å². The van der Waals surface area contributed by atoms with E-state index in [9.17, 15) is 39.0 Å². The van der Waals surface area contributed by atoms with Gasteiger partial charge in [-0.1, -0.05) is 5.16 Å². The minimum Gasteiger partial charge on any atom is -0.478 e. The van der Waals surface area contributed by atoms with Crippen molar-refractivity contribution in [1.29, 1.82) is 0 Å². The Morgan fingerprint density at radius 3 is 2.49 bits per heavy atom. The number of nitrogens with two attached hydrogens (primary N) is 3. The monoisotopic (exact) mass is 719 g/mol. The number of carboxylic acids is 2. The normalized spacial score (nSPS) is 17.8. The Morgan fingerprint density at radius 2 is 1.88 bits per heavy atom. The Hall–Kier alpha value is -5.55. The summed E-state index contributed by atoms with van der Waals surface area (Å²) in [4.78, 5) is 84.8. The third-order valence-corrected chi connectivity index (χ3v) is 9.42. The Balaban J connectivity index is 1.35. The van der Waals surface area contributed by atoms with Gasteiger partial charge in [-0.2, -0.15) is 9.36 Å². The number of aliphatic carboxylic acids is 2. The highest BCUT2D eigenvalue weighted by molar-refractivity contribution is 8.00. The van der Waals surface area contributed by atoms with Crippen LogP contribution in [0.3, 0.4) is 0 Å². The third kappa shape index (κ3) is 6.37. The van der Waals surface area contributed by atoms with Crippen LogP contribution in [-0.2, 0) is 37.6 Å². The summed E-state index contributed by atoms with van der Waals surface area (Å²) in [6.45, 7) is 2.87. The molecule has 0 unspecified atom stereocenters. The van der Waals surface area contributed by atoms with Crippen molar-refractivity contribution in [2.45, 2.75) is 37.4 Å². The number of carbonyl (C=O) groups excluding carboxylic acids is 2. The Morgan fingerprint density at radius 1 is 1.18 bits per heavy atom. The van der Waals surface area contributed by atoms with Crippen molar-refractivity contribution in [3.63, 3.8) is 0 Å². The molecule has 0 aliphatic carbocycles. The fraction of sp³-hybridized carbons (Fsp3) is 0.385. The lowest BCUT2D eigenvalue weighted by Crippen LogP contribution is -2.71. The molecule has 0 radical (unpaired) electrons. The molecule has 3 aromatic rings. The standard InChI is InChI=1S/C26H30N12O9S2/c1-26(2,24(45)46)47-34-13(19-33-25(29)49-35-19)20(41)32-14-21(42)38-15(23(43)44)9(8-48-22(14)38)6-37-7-10(18(28)36(37)3)31-12-11(30-5-4-27)16(39)17(12)40/h7,14,22,28H,4-6,8,27H2,1-3H3,(H7,29,30,31,32,33,34,35,39,40,41,43,44,45,46)/p+1/t14-,22-/m1/s1. The molecule has 2 aliphatic heterocycles. The van der Waals surface area contributed by atoms with E-state index in [0.717, 1.165) is 16.4 Å². The number of hydrogen-bond donors (Lipinski definition) is 8. The highest BCUT2D eigenvalue weighted by atomic mass is 32.2. The number of oxime groups is 1. The van der Waals surface area contributed by atoms with E-state index in [1.54, 1.807) is 11.7 Å². The van der Waals surface area contributed by atoms with Gasteiger partial charge in [0.2, 0.25) is 23.3 Å². The van der Waals surface area contributed by atoms with Gasteiger partial charge in [0.1, 0.15) is 28.5 Å². The lowest BCUT2D eigenvalue weighted by atomic mass is 10.0. The first-order valence-corrected chi connectivity index (χ1v) is 16.1. The summed E-state index contributed by atoms with van der Waals surface area (Å²) < 4.78 is 6.98. The predicted octanol–water partition coefficient (Wildman–Crippen LogP) is -2.94. The lowest BCUT2D eigenvalue weighted by molar-refractivity contribution is -0.765. The summed E-state index contributed by atoms with van der Waals surface area (Å²) in [6.07, 6.45) is 1.52. The van der Waals surface area contributed by atoms with Crippen LogP contribution in [0.5, 0.6) is 0 Å². The summed E-state index contributed by atoms with van der Waals surface area (Å²) in [5.74, 6) is -4.43. The molecule has 4 heterocycles. The summed E-state index contributed by atoms with van der Waals surface area (Å²) in [7, 11) is 1.60. The number of carbonyl (C=O) groups is 4. The number of rotatable bonds is 14. The Bertz CT molecular complexity index is 2010. The van der Waals surface area contributed by atoms with Gasteiger partial charge in [-0.15, -0.1) is 21.1 Å². The van der Waals surface area contributed by atoms with Crippen LogP contribution in [0, 0.1) is 0 Å². The van der Waals surface area contributed by atoms with Gasteiger partial charge in [-0.3, -0.25) is 24.1 Å². The van der Waals surface area contributed by atoms with E-state index in [1.807, 2.05) is 0 Å². The highest BCUT2D eigenvalue weighted by Crippen LogP contribution is 2.40. The van der Waals surface area contributed by atoms with Gasteiger partial charge in [0, 0.05) is 35.9 Å². The van der Waals surface area contributed by atoms with Gasteiger partial charge >= 0.3 is 11.9 Å². The molecule has 2 aromatic heterocycles. The van der Waals surface area contributed by atoms with Crippen LogP contribution in [0.4, 0.5) is 28.0 Å². The van der Waals surface area contributed by atoms with Crippen LogP contribution in [-0.4, -0.2) is 94.5 Å². The number of thioether (sulfide) groups is 1.